The van der Waals surface area contributed by atoms with Gasteiger partial charge in [0.15, 0.2) is 0 Å². The zero-order valence-corrected chi connectivity index (χ0v) is 23.5. The van der Waals surface area contributed by atoms with E-state index in [1.54, 1.807) is 52.3 Å². The number of halogens is 2. The molecule has 1 heterocycles. The van der Waals surface area contributed by atoms with Crippen molar-refractivity contribution in [2.24, 2.45) is 0 Å². The number of amides is 2. The number of carbonyl (C=O) groups is 2. The van der Waals surface area contributed by atoms with Crippen molar-refractivity contribution in [3.05, 3.63) is 138 Å². The van der Waals surface area contributed by atoms with Crippen molar-refractivity contribution in [3.8, 4) is 0 Å². The van der Waals surface area contributed by atoms with E-state index >= 15 is 0 Å². The Bertz CT molecular complexity index is 1730. The number of nitrogens with zero attached hydrogens (tertiary/aromatic N) is 4. The Labute approximate surface area is 250 Å². The minimum absolute atomic E-state index is 0.0464. The van der Waals surface area contributed by atoms with Crippen molar-refractivity contribution in [2.75, 3.05) is 9.80 Å². The van der Waals surface area contributed by atoms with E-state index in [1.807, 2.05) is 19.1 Å². The first kappa shape index (κ1) is 28.7. The van der Waals surface area contributed by atoms with Gasteiger partial charge in [0.25, 0.3) is 23.2 Å². The number of nitro groups is 2. The van der Waals surface area contributed by atoms with Gasteiger partial charge in [-0.2, -0.15) is 0 Å². The largest absolute Gasteiger partial charge is 0.305 e. The molecular weight excluding hydrogens is 583 g/mol. The molecule has 0 fully saturated rings. The average Bonchev–Trinajstić information content (AvgIpc) is 2.97. The summed E-state index contributed by atoms with van der Waals surface area (Å²) in [5.41, 5.74) is 1.52. The van der Waals surface area contributed by atoms with E-state index in [9.17, 15) is 29.8 Å². The molecule has 10 nitrogen and oxygen atoms in total. The highest BCUT2D eigenvalue weighted by atomic mass is 35.5. The van der Waals surface area contributed by atoms with Gasteiger partial charge in [-0.1, -0.05) is 59.6 Å². The molecule has 0 bridgehead atoms. The molecular formula is C30H22Cl2N4O6. The van der Waals surface area contributed by atoms with Crippen molar-refractivity contribution < 1.29 is 19.4 Å². The fraction of sp³-hybridized carbons (Fsp3) is 0.133. The lowest BCUT2D eigenvalue weighted by molar-refractivity contribution is -0.385. The van der Waals surface area contributed by atoms with E-state index in [2.05, 4.69) is 0 Å². The van der Waals surface area contributed by atoms with E-state index in [0.717, 1.165) is 12.1 Å². The standard InChI is InChI=1S/C30H22Cl2N4O6/c1-18-15-28(34(19-7-3-2-4-8-19)30(38)23-14-12-21(36(41)42)17-26(23)32)24-9-5-6-10-27(24)33(18)29(37)22-13-11-20(35(39)40)16-25(22)31/h2-14,16-18,28H,15H2,1H3/t18-,28-/m1/s1. The molecule has 0 spiro atoms. The summed E-state index contributed by atoms with van der Waals surface area (Å²) >= 11 is 12.7. The van der Waals surface area contributed by atoms with E-state index in [-0.39, 0.29) is 32.5 Å². The third-order valence-corrected chi connectivity index (χ3v) is 7.76. The van der Waals surface area contributed by atoms with Gasteiger partial charge in [-0.25, -0.2) is 0 Å². The van der Waals surface area contributed by atoms with Gasteiger partial charge in [-0.3, -0.25) is 29.8 Å². The number of non-ortho nitro benzene ring substituents is 2. The van der Waals surface area contributed by atoms with Crippen molar-refractivity contribution >= 4 is 57.8 Å². The Hall–Kier alpha value is -4.80. The lowest BCUT2D eigenvalue weighted by atomic mass is 9.89. The highest BCUT2D eigenvalue weighted by molar-refractivity contribution is 6.35. The summed E-state index contributed by atoms with van der Waals surface area (Å²) in [5, 5.41) is 22.3. The average molecular weight is 605 g/mol. The second kappa shape index (κ2) is 11.6. The van der Waals surface area contributed by atoms with E-state index in [1.165, 1.54) is 24.3 Å². The van der Waals surface area contributed by atoms with Gasteiger partial charge < -0.3 is 9.80 Å². The number of anilines is 2. The molecule has 0 radical (unpaired) electrons. The van der Waals surface area contributed by atoms with Crippen LogP contribution in [0.4, 0.5) is 22.7 Å². The van der Waals surface area contributed by atoms with Crippen LogP contribution in [0, 0.1) is 20.2 Å². The van der Waals surface area contributed by atoms with E-state index < -0.39 is 33.7 Å². The summed E-state index contributed by atoms with van der Waals surface area (Å²) in [6.07, 6.45) is 0.318. The number of hydrogen-bond donors (Lipinski definition) is 0. The summed E-state index contributed by atoms with van der Waals surface area (Å²) < 4.78 is 0. The van der Waals surface area contributed by atoms with Crippen LogP contribution in [-0.4, -0.2) is 27.7 Å². The van der Waals surface area contributed by atoms with Crippen molar-refractivity contribution in [1.29, 1.82) is 0 Å². The number of carbonyl (C=O) groups excluding carboxylic acids is 2. The molecule has 0 aliphatic carbocycles. The molecule has 2 atom stereocenters. The van der Waals surface area contributed by atoms with Gasteiger partial charge >= 0.3 is 0 Å². The Balaban J connectivity index is 1.60. The van der Waals surface area contributed by atoms with Crippen molar-refractivity contribution in [2.45, 2.75) is 25.4 Å². The van der Waals surface area contributed by atoms with Crippen LogP contribution in [0.2, 0.25) is 10.0 Å². The van der Waals surface area contributed by atoms with Crippen molar-refractivity contribution in [3.63, 3.8) is 0 Å². The van der Waals surface area contributed by atoms with Gasteiger partial charge in [0.05, 0.1) is 37.1 Å². The maximum atomic E-state index is 14.2. The van der Waals surface area contributed by atoms with Crippen LogP contribution in [0.1, 0.15) is 45.7 Å². The van der Waals surface area contributed by atoms with Gasteiger partial charge in [-0.05, 0) is 49.2 Å². The zero-order chi connectivity index (χ0) is 30.1. The Morgan fingerprint density at radius 3 is 1.93 bits per heavy atom. The zero-order valence-electron chi connectivity index (χ0n) is 22.0. The molecule has 0 unspecified atom stereocenters. The minimum Gasteiger partial charge on any atom is -0.305 e. The van der Waals surface area contributed by atoms with Crippen LogP contribution in [0.15, 0.2) is 91.0 Å². The van der Waals surface area contributed by atoms with Gasteiger partial charge in [0.1, 0.15) is 0 Å². The summed E-state index contributed by atoms with van der Waals surface area (Å²) in [6, 6.07) is 22.5. The van der Waals surface area contributed by atoms with Crippen LogP contribution in [-0.2, 0) is 0 Å². The lowest BCUT2D eigenvalue weighted by Crippen LogP contribution is -2.48. The normalized spacial score (nSPS) is 15.9. The Morgan fingerprint density at radius 1 is 0.810 bits per heavy atom. The first-order valence-electron chi connectivity index (χ1n) is 12.8. The smallest absolute Gasteiger partial charge is 0.270 e. The Morgan fingerprint density at radius 2 is 1.36 bits per heavy atom. The maximum absolute atomic E-state index is 14.2. The summed E-state index contributed by atoms with van der Waals surface area (Å²) in [4.78, 5) is 52.4. The van der Waals surface area contributed by atoms with Crippen LogP contribution < -0.4 is 9.80 Å². The molecule has 212 valence electrons. The molecule has 4 aromatic rings. The third kappa shape index (κ3) is 5.29. The Kier molecular flexibility index (Phi) is 7.93. The highest BCUT2D eigenvalue weighted by Gasteiger charge is 2.40. The summed E-state index contributed by atoms with van der Waals surface area (Å²) in [6.45, 7) is 1.84. The van der Waals surface area contributed by atoms with Crippen LogP contribution in [0.5, 0.6) is 0 Å². The first-order chi connectivity index (χ1) is 20.1. The monoisotopic (exact) mass is 604 g/mol. The number of nitro benzene ring substituents is 2. The number of rotatable bonds is 6. The van der Waals surface area contributed by atoms with E-state index in [0.29, 0.717) is 23.4 Å². The fourth-order valence-electron chi connectivity index (χ4n) is 5.20. The molecule has 1 aliphatic heterocycles. The molecule has 0 N–H and O–H groups in total. The highest BCUT2D eigenvalue weighted by Crippen LogP contribution is 2.44. The SMILES string of the molecule is C[C@@H]1C[C@@H](N(C(=O)c2ccc([N+](=O)[O-])cc2Cl)c2ccccc2)c2ccccc2N1C(=O)c1ccc([N+](=O)[O-])cc1Cl. The second-order valence-corrected chi connectivity index (χ2v) is 10.5. The number of fused-ring (bicyclic) bond motifs is 1. The van der Waals surface area contributed by atoms with Crippen LogP contribution >= 0.6 is 23.2 Å². The van der Waals surface area contributed by atoms with E-state index in [4.69, 9.17) is 23.2 Å². The van der Waals surface area contributed by atoms with Gasteiger partial charge in [0.2, 0.25) is 0 Å². The number of benzene rings is 4. The topological polar surface area (TPSA) is 127 Å². The molecule has 5 rings (SSSR count). The lowest BCUT2D eigenvalue weighted by Gasteiger charge is -2.43. The molecule has 2 amide bonds. The second-order valence-electron chi connectivity index (χ2n) is 9.69. The first-order valence-corrected chi connectivity index (χ1v) is 13.5. The minimum atomic E-state index is -0.587. The van der Waals surface area contributed by atoms with Crippen LogP contribution in [0.25, 0.3) is 0 Å². The van der Waals surface area contributed by atoms with Gasteiger partial charge in [0, 0.05) is 41.7 Å². The number of para-hydroxylation sites is 2. The predicted octanol–water partition coefficient (Wildman–Crippen LogP) is 7.64. The molecule has 4 aromatic carbocycles. The predicted molar refractivity (Wildman–Crippen MR) is 160 cm³/mol. The van der Waals surface area contributed by atoms with Crippen LogP contribution in [0.3, 0.4) is 0 Å². The summed E-state index contributed by atoms with van der Waals surface area (Å²) in [5.74, 6) is -0.907. The molecule has 0 saturated carbocycles. The van der Waals surface area contributed by atoms with Gasteiger partial charge in [-0.15, -0.1) is 0 Å². The fourth-order valence-corrected chi connectivity index (χ4v) is 5.72. The number of hydrogen-bond acceptors (Lipinski definition) is 6. The summed E-state index contributed by atoms with van der Waals surface area (Å²) in [7, 11) is 0. The molecule has 1 aliphatic rings. The molecule has 0 saturated heterocycles. The third-order valence-electron chi connectivity index (χ3n) is 7.13. The van der Waals surface area contributed by atoms with Crippen molar-refractivity contribution in [1.82, 2.24) is 0 Å². The quantitative estimate of drug-likeness (QED) is 0.164. The molecule has 0 aromatic heterocycles. The molecule has 42 heavy (non-hydrogen) atoms. The molecule has 12 heteroatoms. The maximum Gasteiger partial charge on any atom is 0.270 e.